The molecule has 0 fully saturated rings. The molecule has 1 heteroatoms. The number of aryl methyl sites for hydroxylation is 1. The van der Waals surface area contributed by atoms with Crippen LogP contribution in [-0.2, 0) is 0 Å². The van der Waals surface area contributed by atoms with Crippen molar-refractivity contribution in [3.05, 3.63) is 65.2 Å². The minimum Gasteiger partial charge on any atom is -0.378 e. The third kappa shape index (κ3) is 4.10. The molecule has 2 aromatic rings. The lowest BCUT2D eigenvalue weighted by atomic mass is 9.98. The molecule has 0 heterocycles. The van der Waals surface area contributed by atoms with Crippen molar-refractivity contribution in [2.75, 3.05) is 5.32 Å². The summed E-state index contributed by atoms with van der Waals surface area (Å²) in [6, 6.07) is 18.1. The summed E-state index contributed by atoms with van der Waals surface area (Å²) in [5, 5.41) is 3.65. The van der Waals surface area contributed by atoms with E-state index in [1.165, 1.54) is 28.8 Å². The maximum Gasteiger partial charge on any atom is 0.0511 e. The van der Waals surface area contributed by atoms with E-state index < -0.39 is 0 Å². The summed E-state index contributed by atoms with van der Waals surface area (Å²) < 4.78 is 0. The smallest absolute Gasteiger partial charge is 0.0511 e. The Kier molecular flexibility index (Phi) is 5.44. The maximum absolute atomic E-state index is 3.65. The molecule has 0 saturated carbocycles. The third-order valence-electron chi connectivity index (χ3n) is 4.32. The van der Waals surface area contributed by atoms with E-state index in [1.807, 2.05) is 0 Å². The molecule has 0 aliphatic carbocycles. The zero-order valence-electron chi connectivity index (χ0n) is 13.7. The average molecular weight is 281 g/mol. The molecule has 112 valence electrons. The van der Waals surface area contributed by atoms with Crippen LogP contribution in [-0.4, -0.2) is 0 Å². The quantitative estimate of drug-likeness (QED) is 0.677. The fourth-order valence-corrected chi connectivity index (χ4v) is 2.56. The highest BCUT2D eigenvalue weighted by Gasteiger charge is 2.09. The highest BCUT2D eigenvalue weighted by molar-refractivity contribution is 5.47. The van der Waals surface area contributed by atoms with Gasteiger partial charge in [0, 0.05) is 5.69 Å². The standard InChI is InChI=1S/C20H27N/c1-5-16(4)17-11-13-19(14-12-17)21-20(6-2)18-9-7-15(3)8-10-18/h7-14,16,20-21H,5-6H2,1-4H3. The summed E-state index contributed by atoms with van der Waals surface area (Å²) in [4.78, 5) is 0. The van der Waals surface area contributed by atoms with Crippen molar-refractivity contribution in [1.29, 1.82) is 0 Å². The second kappa shape index (κ2) is 7.31. The van der Waals surface area contributed by atoms with Gasteiger partial charge in [-0.1, -0.05) is 62.7 Å². The van der Waals surface area contributed by atoms with E-state index in [-0.39, 0.29) is 0 Å². The molecular formula is C20H27N. The Morgan fingerprint density at radius 1 is 0.810 bits per heavy atom. The minimum absolute atomic E-state index is 0.375. The van der Waals surface area contributed by atoms with Crippen molar-refractivity contribution >= 4 is 5.69 Å². The van der Waals surface area contributed by atoms with Gasteiger partial charge in [-0.05, 0) is 48.9 Å². The first-order valence-electron chi connectivity index (χ1n) is 8.07. The zero-order chi connectivity index (χ0) is 15.2. The highest BCUT2D eigenvalue weighted by atomic mass is 14.9. The van der Waals surface area contributed by atoms with Crippen molar-refractivity contribution < 1.29 is 0 Å². The SMILES string of the molecule is CCC(C)c1ccc(NC(CC)c2ccc(C)cc2)cc1. The maximum atomic E-state index is 3.65. The summed E-state index contributed by atoms with van der Waals surface area (Å²) >= 11 is 0. The fourth-order valence-electron chi connectivity index (χ4n) is 2.56. The Balaban J connectivity index is 2.09. The van der Waals surface area contributed by atoms with Crippen LogP contribution in [0.2, 0.25) is 0 Å². The lowest BCUT2D eigenvalue weighted by Gasteiger charge is -2.19. The lowest BCUT2D eigenvalue weighted by Crippen LogP contribution is -2.09. The molecule has 0 aliphatic rings. The molecular weight excluding hydrogens is 254 g/mol. The number of nitrogens with one attached hydrogen (secondary N) is 1. The normalized spacial score (nSPS) is 13.7. The van der Waals surface area contributed by atoms with Gasteiger partial charge in [-0.25, -0.2) is 0 Å². The number of anilines is 1. The van der Waals surface area contributed by atoms with Gasteiger partial charge in [0.05, 0.1) is 6.04 Å². The van der Waals surface area contributed by atoms with Gasteiger partial charge in [0.2, 0.25) is 0 Å². The van der Waals surface area contributed by atoms with Crippen molar-refractivity contribution in [3.8, 4) is 0 Å². The topological polar surface area (TPSA) is 12.0 Å². The average Bonchev–Trinajstić information content (AvgIpc) is 2.53. The summed E-state index contributed by atoms with van der Waals surface area (Å²) in [6.45, 7) is 8.88. The molecule has 0 aliphatic heterocycles. The van der Waals surface area contributed by atoms with Crippen LogP contribution in [0, 0.1) is 6.92 Å². The van der Waals surface area contributed by atoms with Crippen LogP contribution in [0.3, 0.4) is 0 Å². The molecule has 0 aromatic heterocycles. The molecule has 1 nitrogen and oxygen atoms in total. The van der Waals surface area contributed by atoms with Crippen molar-refractivity contribution in [2.45, 2.75) is 52.5 Å². The van der Waals surface area contributed by atoms with Crippen LogP contribution in [0.1, 0.15) is 62.3 Å². The van der Waals surface area contributed by atoms with E-state index in [2.05, 4.69) is 81.5 Å². The Hall–Kier alpha value is -1.76. The zero-order valence-corrected chi connectivity index (χ0v) is 13.7. The molecule has 0 spiro atoms. The Morgan fingerprint density at radius 3 is 1.90 bits per heavy atom. The molecule has 2 atom stereocenters. The summed E-state index contributed by atoms with van der Waals surface area (Å²) in [6.07, 6.45) is 2.27. The second-order valence-electron chi connectivity index (χ2n) is 5.95. The van der Waals surface area contributed by atoms with Gasteiger partial charge in [-0.15, -0.1) is 0 Å². The molecule has 0 radical (unpaired) electrons. The monoisotopic (exact) mass is 281 g/mol. The number of hydrogen-bond donors (Lipinski definition) is 1. The number of hydrogen-bond acceptors (Lipinski definition) is 1. The Bertz CT molecular complexity index is 539. The van der Waals surface area contributed by atoms with E-state index in [4.69, 9.17) is 0 Å². The molecule has 0 saturated heterocycles. The van der Waals surface area contributed by atoms with E-state index in [9.17, 15) is 0 Å². The molecule has 21 heavy (non-hydrogen) atoms. The van der Waals surface area contributed by atoms with Crippen LogP contribution < -0.4 is 5.32 Å². The predicted octanol–water partition coefficient (Wildman–Crippen LogP) is 6.07. The Morgan fingerprint density at radius 2 is 1.38 bits per heavy atom. The number of rotatable bonds is 6. The van der Waals surface area contributed by atoms with Crippen LogP contribution in [0.25, 0.3) is 0 Å². The van der Waals surface area contributed by atoms with Gasteiger partial charge in [-0.2, -0.15) is 0 Å². The van der Waals surface area contributed by atoms with E-state index in [0.717, 1.165) is 6.42 Å². The summed E-state index contributed by atoms with van der Waals surface area (Å²) in [5.74, 6) is 0.637. The minimum atomic E-state index is 0.375. The first-order chi connectivity index (χ1) is 10.1. The van der Waals surface area contributed by atoms with Crippen molar-refractivity contribution in [3.63, 3.8) is 0 Å². The van der Waals surface area contributed by atoms with Crippen LogP contribution in [0.15, 0.2) is 48.5 Å². The van der Waals surface area contributed by atoms with Gasteiger partial charge >= 0.3 is 0 Å². The van der Waals surface area contributed by atoms with Gasteiger partial charge in [0.1, 0.15) is 0 Å². The van der Waals surface area contributed by atoms with Gasteiger partial charge in [-0.3, -0.25) is 0 Å². The molecule has 2 unspecified atom stereocenters. The summed E-state index contributed by atoms with van der Waals surface area (Å²) in [7, 11) is 0. The van der Waals surface area contributed by atoms with E-state index in [0.29, 0.717) is 12.0 Å². The largest absolute Gasteiger partial charge is 0.378 e. The van der Waals surface area contributed by atoms with Crippen LogP contribution in [0.5, 0.6) is 0 Å². The van der Waals surface area contributed by atoms with Crippen LogP contribution in [0.4, 0.5) is 5.69 Å². The molecule has 2 rings (SSSR count). The third-order valence-corrected chi connectivity index (χ3v) is 4.32. The first-order valence-corrected chi connectivity index (χ1v) is 8.07. The lowest BCUT2D eigenvalue weighted by molar-refractivity contribution is 0.732. The Labute approximate surface area is 129 Å². The molecule has 0 amide bonds. The van der Waals surface area contributed by atoms with E-state index in [1.54, 1.807) is 0 Å². The first kappa shape index (κ1) is 15.6. The van der Waals surface area contributed by atoms with Crippen molar-refractivity contribution in [1.82, 2.24) is 0 Å². The molecule has 0 bridgehead atoms. The van der Waals surface area contributed by atoms with Crippen molar-refractivity contribution in [2.24, 2.45) is 0 Å². The van der Waals surface area contributed by atoms with Gasteiger partial charge < -0.3 is 5.32 Å². The fraction of sp³-hybridized carbons (Fsp3) is 0.400. The number of benzene rings is 2. The predicted molar refractivity (Wildman–Crippen MR) is 93.0 cm³/mol. The second-order valence-corrected chi connectivity index (χ2v) is 5.95. The van der Waals surface area contributed by atoms with Crippen LogP contribution >= 0.6 is 0 Å². The molecule has 1 N–H and O–H groups in total. The highest BCUT2D eigenvalue weighted by Crippen LogP contribution is 2.25. The summed E-state index contributed by atoms with van der Waals surface area (Å²) in [5.41, 5.74) is 5.29. The molecule has 2 aromatic carbocycles. The van der Waals surface area contributed by atoms with E-state index >= 15 is 0 Å². The van der Waals surface area contributed by atoms with Gasteiger partial charge in [0.25, 0.3) is 0 Å². The van der Waals surface area contributed by atoms with Gasteiger partial charge in [0.15, 0.2) is 0 Å².